The fourth-order valence-corrected chi connectivity index (χ4v) is 4.80. The van der Waals surface area contributed by atoms with E-state index in [2.05, 4.69) is 4.98 Å². The lowest BCUT2D eigenvalue weighted by atomic mass is 10.3. The molecule has 0 spiro atoms. The van der Waals surface area contributed by atoms with Gasteiger partial charge in [0, 0.05) is 26.2 Å². The van der Waals surface area contributed by atoms with Crippen LogP contribution in [0.5, 0.6) is 0 Å². The van der Waals surface area contributed by atoms with Gasteiger partial charge in [-0.3, -0.25) is 4.90 Å². The van der Waals surface area contributed by atoms with Crippen LogP contribution in [0.15, 0.2) is 23.1 Å². The molecule has 0 N–H and O–H groups in total. The number of hydrogen-bond donors (Lipinski definition) is 0. The Labute approximate surface area is 168 Å². The van der Waals surface area contributed by atoms with Crippen molar-refractivity contribution in [3.05, 3.63) is 24.0 Å². The van der Waals surface area contributed by atoms with E-state index >= 15 is 0 Å². The molecule has 11 heteroatoms. The Morgan fingerprint density at radius 1 is 1.24 bits per heavy atom. The van der Waals surface area contributed by atoms with Gasteiger partial charge >= 0.3 is 6.18 Å². The maximum atomic E-state index is 12.9. The smallest absolute Gasteiger partial charge is 0.379 e. The summed E-state index contributed by atoms with van der Waals surface area (Å²) in [4.78, 5) is 6.24. The molecule has 162 valence electrons. The Morgan fingerprint density at radius 2 is 1.93 bits per heavy atom. The van der Waals surface area contributed by atoms with Gasteiger partial charge in [-0.1, -0.05) is 0 Å². The normalized spacial score (nSPS) is 16.8. The van der Waals surface area contributed by atoms with Crippen LogP contribution in [-0.4, -0.2) is 73.2 Å². The van der Waals surface area contributed by atoms with Gasteiger partial charge in [-0.05, 0) is 32.2 Å². The van der Waals surface area contributed by atoms with E-state index in [1.54, 1.807) is 24.1 Å². The number of alkyl halides is 3. The van der Waals surface area contributed by atoms with Crippen molar-refractivity contribution in [3.63, 3.8) is 0 Å². The van der Waals surface area contributed by atoms with Gasteiger partial charge in [0.2, 0.25) is 10.0 Å². The zero-order valence-corrected chi connectivity index (χ0v) is 17.3. The second kappa shape index (κ2) is 8.58. The minimum absolute atomic E-state index is 0.132. The van der Waals surface area contributed by atoms with Gasteiger partial charge < -0.3 is 9.30 Å². The topological polar surface area (TPSA) is 67.7 Å². The summed E-state index contributed by atoms with van der Waals surface area (Å²) in [6.45, 7) is 3.93. The lowest BCUT2D eigenvalue weighted by Crippen LogP contribution is -2.40. The third-order valence-electron chi connectivity index (χ3n) is 4.91. The van der Waals surface area contributed by atoms with E-state index in [-0.39, 0.29) is 18.0 Å². The van der Waals surface area contributed by atoms with Crippen molar-refractivity contribution < 1.29 is 26.3 Å². The third kappa shape index (κ3) is 5.08. The quantitative estimate of drug-likeness (QED) is 0.670. The van der Waals surface area contributed by atoms with Crippen molar-refractivity contribution in [1.29, 1.82) is 0 Å². The van der Waals surface area contributed by atoms with Gasteiger partial charge in [0.25, 0.3) is 0 Å². The fraction of sp³-hybridized carbons (Fsp3) is 0.611. The number of sulfonamides is 1. The molecule has 0 saturated carbocycles. The summed E-state index contributed by atoms with van der Waals surface area (Å²) in [7, 11) is -2.03. The molecule has 0 aliphatic carbocycles. The van der Waals surface area contributed by atoms with E-state index in [0.29, 0.717) is 44.2 Å². The number of halogens is 3. The van der Waals surface area contributed by atoms with E-state index in [0.717, 1.165) is 5.52 Å². The molecule has 1 aromatic heterocycles. The number of aromatic nitrogens is 2. The second-order valence-corrected chi connectivity index (χ2v) is 8.98. The Morgan fingerprint density at radius 3 is 2.55 bits per heavy atom. The average Bonchev–Trinajstić information content (AvgIpc) is 3.02. The van der Waals surface area contributed by atoms with Crippen molar-refractivity contribution in [2.45, 2.75) is 37.5 Å². The molecule has 0 unspecified atom stereocenters. The molecule has 0 bridgehead atoms. The van der Waals surface area contributed by atoms with Crippen molar-refractivity contribution in [2.75, 3.05) is 39.9 Å². The van der Waals surface area contributed by atoms with Crippen LogP contribution in [-0.2, 0) is 27.8 Å². The molecular formula is C18H25F3N4O3S. The van der Waals surface area contributed by atoms with Crippen molar-refractivity contribution in [2.24, 2.45) is 0 Å². The third-order valence-corrected chi connectivity index (χ3v) is 6.81. The molecule has 1 fully saturated rings. The molecule has 3 rings (SSSR count). The van der Waals surface area contributed by atoms with Crippen LogP contribution >= 0.6 is 0 Å². The first-order chi connectivity index (χ1) is 13.6. The molecule has 7 nitrogen and oxygen atoms in total. The van der Waals surface area contributed by atoms with E-state index in [1.165, 1.54) is 10.4 Å². The number of nitrogens with zero attached hydrogens (tertiary/aromatic N) is 4. The molecule has 0 atom stereocenters. The summed E-state index contributed by atoms with van der Waals surface area (Å²) in [5, 5.41) is 0. The zero-order chi connectivity index (χ0) is 21.2. The Balaban J connectivity index is 1.86. The summed E-state index contributed by atoms with van der Waals surface area (Å²) in [5.41, 5.74) is 1.27. The highest BCUT2D eigenvalue weighted by atomic mass is 32.2. The fourth-order valence-electron chi connectivity index (χ4n) is 3.37. The summed E-state index contributed by atoms with van der Waals surface area (Å²) >= 11 is 0. The lowest BCUT2D eigenvalue weighted by Gasteiger charge is -2.26. The van der Waals surface area contributed by atoms with E-state index in [4.69, 9.17) is 4.74 Å². The van der Waals surface area contributed by atoms with Crippen LogP contribution in [0.1, 0.15) is 19.2 Å². The standard InChI is InChI=1S/C18H25F3N4O3S/c1-3-25-16-5-4-14(29(26,27)24-8-10-28-11-9-24)12-15(16)22-17(25)13-23(2)7-6-18(19,20)21/h4-5,12H,3,6-11,13H2,1-2H3. The summed E-state index contributed by atoms with van der Waals surface area (Å²) in [5.74, 6) is 0.605. The number of hydrogen-bond acceptors (Lipinski definition) is 5. The number of ether oxygens (including phenoxy) is 1. The summed E-state index contributed by atoms with van der Waals surface area (Å²) in [6.07, 6.45) is -5.10. The molecule has 1 aliphatic rings. The predicted octanol–water partition coefficient (Wildman–Crippen LogP) is 2.46. The van der Waals surface area contributed by atoms with Crippen molar-refractivity contribution >= 4 is 21.1 Å². The van der Waals surface area contributed by atoms with E-state index in [1.807, 2.05) is 11.5 Å². The summed E-state index contributed by atoms with van der Waals surface area (Å²) in [6, 6.07) is 4.79. The molecule has 2 aromatic rings. The average molecular weight is 434 g/mol. The van der Waals surface area contributed by atoms with Crippen LogP contribution in [0, 0.1) is 0 Å². The van der Waals surface area contributed by atoms with Crippen LogP contribution in [0.2, 0.25) is 0 Å². The summed E-state index contributed by atoms with van der Waals surface area (Å²) < 4.78 is 71.6. The number of morpholine rings is 1. The number of benzene rings is 1. The minimum atomic E-state index is -4.21. The van der Waals surface area contributed by atoms with Gasteiger partial charge in [0.1, 0.15) is 5.82 Å². The molecule has 29 heavy (non-hydrogen) atoms. The predicted molar refractivity (Wildman–Crippen MR) is 102 cm³/mol. The van der Waals surface area contributed by atoms with Gasteiger partial charge in [0.15, 0.2) is 0 Å². The highest BCUT2D eigenvalue weighted by molar-refractivity contribution is 7.89. The Bertz CT molecular complexity index is 953. The second-order valence-electron chi connectivity index (χ2n) is 7.04. The SMILES string of the molecule is CCn1c(CN(C)CCC(F)(F)F)nc2cc(S(=O)(=O)N3CCOCC3)ccc21. The first-order valence-electron chi connectivity index (χ1n) is 9.44. The number of imidazole rings is 1. The number of fused-ring (bicyclic) bond motifs is 1. The van der Waals surface area contributed by atoms with Crippen LogP contribution in [0.4, 0.5) is 13.2 Å². The van der Waals surface area contributed by atoms with Crippen LogP contribution < -0.4 is 0 Å². The molecule has 1 aliphatic heterocycles. The molecule has 1 saturated heterocycles. The van der Waals surface area contributed by atoms with E-state index in [9.17, 15) is 21.6 Å². The zero-order valence-electron chi connectivity index (χ0n) is 16.4. The van der Waals surface area contributed by atoms with Gasteiger partial charge in [0.05, 0.1) is 42.1 Å². The molecule has 2 heterocycles. The largest absolute Gasteiger partial charge is 0.390 e. The van der Waals surface area contributed by atoms with E-state index < -0.39 is 22.6 Å². The first-order valence-corrected chi connectivity index (χ1v) is 10.9. The first kappa shape index (κ1) is 22.0. The Kier molecular flexibility index (Phi) is 6.51. The van der Waals surface area contributed by atoms with Crippen LogP contribution in [0.3, 0.4) is 0 Å². The number of rotatable bonds is 7. The maximum Gasteiger partial charge on any atom is 0.390 e. The van der Waals surface area contributed by atoms with Crippen molar-refractivity contribution in [1.82, 2.24) is 18.8 Å². The highest BCUT2D eigenvalue weighted by Crippen LogP contribution is 2.25. The Hall–Kier alpha value is -1.69. The van der Waals surface area contributed by atoms with Gasteiger partial charge in [-0.15, -0.1) is 0 Å². The number of aryl methyl sites for hydroxylation is 1. The monoisotopic (exact) mass is 434 g/mol. The highest BCUT2D eigenvalue weighted by Gasteiger charge is 2.28. The van der Waals surface area contributed by atoms with Crippen molar-refractivity contribution in [3.8, 4) is 0 Å². The minimum Gasteiger partial charge on any atom is -0.379 e. The molecule has 0 amide bonds. The van der Waals surface area contributed by atoms with Gasteiger partial charge in [-0.2, -0.15) is 17.5 Å². The molecule has 1 aromatic carbocycles. The van der Waals surface area contributed by atoms with Gasteiger partial charge in [-0.25, -0.2) is 13.4 Å². The molecule has 0 radical (unpaired) electrons. The van der Waals surface area contributed by atoms with Crippen LogP contribution in [0.25, 0.3) is 11.0 Å². The maximum absolute atomic E-state index is 12.9. The molecular weight excluding hydrogens is 409 g/mol. The lowest BCUT2D eigenvalue weighted by molar-refractivity contribution is -0.137.